The van der Waals surface area contributed by atoms with Crippen LogP contribution in [-0.4, -0.2) is 41.5 Å². The van der Waals surface area contributed by atoms with E-state index in [1.165, 1.54) is 19.5 Å². The lowest BCUT2D eigenvalue weighted by Gasteiger charge is -2.11. The molecule has 4 heteroatoms. The van der Waals surface area contributed by atoms with Gasteiger partial charge in [-0.3, -0.25) is 4.98 Å². The fraction of sp³-hybridized carbons (Fsp3) is 0.467. The van der Waals surface area contributed by atoms with Gasteiger partial charge in [-0.05, 0) is 44.6 Å². The summed E-state index contributed by atoms with van der Waals surface area (Å²) in [4.78, 5) is 11.4. The quantitative estimate of drug-likeness (QED) is 0.903. The summed E-state index contributed by atoms with van der Waals surface area (Å²) < 4.78 is 0. The van der Waals surface area contributed by atoms with Crippen molar-refractivity contribution in [2.24, 2.45) is 5.92 Å². The van der Waals surface area contributed by atoms with E-state index < -0.39 is 0 Å². The first-order chi connectivity index (χ1) is 9.31. The maximum absolute atomic E-state index is 4.62. The molecule has 1 atom stereocenters. The Morgan fingerprint density at radius 3 is 2.95 bits per heavy atom. The lowest BCUT2D eigenvalue weighted by atomic mass is 10.1. The largest absolute Gasteiger partial charge is 0.311 e. The second-order valence-corrected chi connectivity index (χ2v) is 5.40. The van der Waals surface area contributed by atoms with Crippen molar-refractivity contribution in [1.82, 2.24) is 20.2 Å². The zero-order valence-electron chi connectivity index (χ0n) is 11.3. The molecular formula is C15H20N4. The molecule has 0 amide bonds. The minimum Gasteiger partial charge on any atom is -0.311 e. The summed E-state index contributed by atoms with van der Waals surface area (Å²) in [5, 5.41) is 3.50. The highest BCUT2D eigenvalue weighted by Gasteiger charge is 2.18. The number of hydrogen-bond acceptors (Lipinski definition) is 4. The highest BCUT2D eigenvalue weighted by atomic mass is 15.1. The Morgan fingerprint density at radius 1 is 1.32 bits per heavy atom. The van der Waals surface area contributed by atoms with Gasteiger partial charge in [0.2, 0.25) is 0 Å². The lowest BCUT2D eigenvalue weighted by Crippen LogP contribution is -2.25. The van der Waals surface area contributed by atoms with E-state index in [0.29, 0.717) is 0 Å². The van der Waals surface area contributed by atoms with Gasteiger partial charge in [0.15, 0.2) is 0 Å². The third-order valence-corrected chi connectivity index (χ3v) is 3.73. The van der Waals surface area contributed by atoms with Gasteiger partial charge in [-0.2, -0.15) is 0 Å². The molecule has 1 aromatic heterocycles. The highest BCUT2D eigenvalue weighted by molar-refractivity contribution is 5.73. The molecule has 1 aliphatic heterocycles. The maximum atomic E-state index is 4.62. The van der Waals surface area contributed by atoms with Crippen molar-refractivity contribution >= 4 is 11.0 Å². The Labute approximate surface area is 113 Å². The predicted octanol–water partition coefficient (Wildman–Crippen LogP) is 1.67. The van der Waals surface area contributed by atoms with Crippen molar-refractivity contribution in [2.45, 2.75) is 13.0 Å². The number of fused-ring (bicyclic) bond motifs is 1. The Bertz CT molecular complexity index is 555. The third-order valence-electron chi connectivity index (χ3n) is 3.73. The van der Waals surface area contributed by atoms with E-state index in [1.54, 1.807) is 0 Å². The molecule has 0 aliphatic carbocycles. The molecular weight excluding hydrogens is 236 g/mol. The summed E-state index contributed by atoms with van der Waals surface area (Å²) >= 11 is 0. The van der Waals surface area contributed by atoms with Crippen LogP contribution in [0.15, 0.2) is 30.5 Å². The Kier molecular flexibility index (Phi) is 3.71. The molecule has 1 N–H and O–H groups in total. The monoisotopic (exact) mass is 256 g/mol. The van der Waals surface area contributed by atoms with Gasteiger partial charge in [-0.15, -0.1) is 0 Å². The van der Waals surface area contributed by atoms with Crippen LogP contribution in [0.1, 0.15) is 12.1 Å². The molecule has 100 valence electrons. The topological polar surface area (TPSA) is 41.0 Å². The van der Waals surface area contributed by atoms with Gasteiger partial charge in [0, 0.05) is 13.1 Å². The number of rotatable bonds is 4. The van der Waals surface area contributed by atoms with Crippen molar-refractivity contribution in [3.63, 3.8) is 0 Å². The van der Waals surface area contributed by atoms with Gasteiger partial charge in [0.25, 0.3) is 0 Å². The minimum absolute atomic E-state index is 0.776. The van der Waals surface area contributed by atoms with E-state index in [4.69, 9.17) is 0 Å². The summed E-state index contributed by atoms with van der Waals surface area (Å²) in [6.07, 6.45) is 3.17. The first kappa shape index (κ1) is 12.5. The van der Waals surface area contributed by atoms with E-state index >= 15 is 0 Å². The molecule has 0 bridgehead atoms. The van der Waals surface area contributed by atoms with Gasteiger partial charge in [0.05, 0.1) is 22.9 Å². The van der Waals surface area contributed by atoms with Crippen molar-refractivity contribution in [1.29, 1.82) is 0 Å². The number of benzene rings is 1. The zero-order chi connectivity index (χ0) is 13.1. The van der Waals surface area contributed by atoms with Crippen molar-refractivity contribution in [3.8, 4) is 0 Å². The second kappa shape index (κ2) is 5.63. The summed E-state index contributed by atoms with van der Waals surface area (Å²) in [6.45, 7) is 4.30. The highest BCUT2D eigenvalue weighted by Crippen LogP contribution is 2.13. The van der Waals surface area contributed by atoms with Gasteiger partial charge < -0.3 is 10.2 Å². The zero-order valence-corrected chi connectivity index (χ0v) is 11.3. The normalized spacial score (nSPS) is 20.2. The summed E-state index contributed by atoms with van der Waals surface area (Å²) in [7, 11) is 2.19. The average molecular weight is 256 g/mol. The molecule has 1 aliphatic rings. The molecule has 2 heterocycles. The van der Waals surface area contributed by atoms with Crippen molar-refractivity contribution in [2.75, 3.05) is 26.7 Å². The number of hydrogen-bond donors (Lipinski definition) is 1. The van der Waals surface area contributed by atoms with E-state index in [1.807, 2.05) is 30.5 Å². The summed E-state index contributed by atoms with van der Waals surface area (Å²) in [6, 6.07) is 8.00. The van der Waals surface area contributed by atoms with Crippen LogP contribution in [-0.2, 0) is 6.54 Å². The molecule has 1 unspecified atom stereocenters. The molecule has 0 saturated carbocycles. The summed E-state index contributed by atoms with van der Waals surface area (Å²) in [5.41, 5.74) is 2.95. The number of nitrogens with one attached hydrogen (secondary N) is 1. The molecule has 0 radical (unpaired) electrons. The lowest BCUT2D eigenvalue weighted by molar-refractivity contribution is 0.388. The Balaban J connectivity index is 1.56. The van der Waals surface area contributed by atoms with Gasteiger partial charge in [-0.25, -0.2) is 4.98 Å². The minimum atomic E-state index is 0.776. The van der Waals surface area contributed by atoms with Gasteiger partial charge in [0.1, 0.15) is 0 Å². The number of likely N-dealkylation sites (tertiary alicyclic amines) is 1. The molecule has 1 saturated heterocycles. The van der Waals surface area contributed by atoms with Gasteiger partial charge in [-0.1, -0.05) is 12.1 Å². The number of para-hydroxylation sites is 2. The number of nitrogens with zero attached hydrogens (tertiary/aromatic N) is 3. The van der Waals surface area contributed by atoms with Crippen LogP contribution < -0.4 is 5.32 Å². The standard InChI is InChI=1S/C15H20N4/c1-19-7-6-12(11-19)8-16-9-13-10-17-14-4-2-3-5-15(14)18-13/h2-5,10,12,16H,6-9,11H2,1H3. The van der Waals surface area contributed by atoms with Crippen LogP contribution >= 0.6 is 0 Å². The molecule has 1 fully saturated rings. The van der Waals surface area contributed by atoms with Crippen LogP contribution in [0.5, 0.6) is 0 Å². The smallest absolute Gasteiger partial charge is 0.0890 e. The fourth-order valence-corrected chi connectivity index (χ4v) is 2.68. The van der Waals surface area contributed by atoms with Gasteiger partial charge >= 0.3 is 0 Å². The summed E-state index contributed by atoms with van der Waals surface area (Å²) in [5.74, 6) is 0.776. The van der Waals surface area contributed by atoms with E-state index in [9.17, 15) is 0 Å². The first-order valence-corrected chi connectivity index (χ1v) is 6.91. The van der Waals surface area contributed by atoms with E-state index in [0.717, 1.165) is 35.7 Å². The van der Waals surface area contributed by atoms with Crippen LogP contribution in [0.25, 0.3) is 11.0 Å². The van der Waals surface area contributed by atoms with Crippen molar-refractivity contribution in [3.05, 3.63) is 36.2 Å². The average Bonchev–Trinajstić information content (AvgIpc) is 2.84. The SMILES string of the molecule is CN1CCC(CNCc2cnc3ccccc3n2)C1. The molecule has 0 spiro atoms. The molecule has 1 aromatic carbocycles. The third kappa shape index (κ3) is 3.08. The molecule has 3 rings (SSSR count). The molecule has 19 heavy (non-hydrogen) atoms. The van der Waals surface area contributed by atoms with Crippen LogP contribution in [0.4, 0.5) is 0 Å². The van der Waals surface area contributed by atoms with E-state index in [2.05, 4.69) is 27.2 Å². The maximum Gasteiger partial charge on any atom is 0.0890 e. The van der Waals surface area contributed by atoms with Crippen molar-refractivity contribution < 1.29 is 0 Å². The van der Waals surface area contributed by atoms with Crippen LogP contribution in [0.3, 0.4) is 0 Å². The number of aromatic nitrogens is 2. The molecule has 2 aromatic rings. The predicted molar refractivity (Wildman–Crippen MR) is 76.8 cm³/mol. The fourth-order valence-electron chi connectivity index (χ4n) is 2.68. The molecule has 4 nitrogen and oxygen atoms in total. The first-order valence-electron chi connectivity index (χ1n) is 6.91. The van der Waals surface area contributed by atoms with E-state index in [-0.39, 0.29) is 0 Å². The Hall–Kier alpha value is -1.52. The second-order valence-electron chi connectivity index (χ2n) is 5.40. The van der Waals surface area contributed by atoms with Crippen LogP contribution in [0.2, 0.25) is 0 Å². The Morgan fingerprint density at radius 2 is 2.16 bits per heavy atom. The van der Waals surface area contributed by atoms with Crippen LogP contribution in [0, 0.1) is 5.92 Å².